The Labute approximate surface area is 620 Å². The minimum absolute atomic E-state index is 0.0660. The molecule has 0 fully saturated rings. The molecule has 35 heteroatoms. The Morgan fingerprint density at radius 1 is 0.286 bits per heavy atom. The molecule has 0 bridgehead atoms. The third-order valence-corrected chi connectivity index (χ3v) is 9.78. The molecular formula is C70H127N7O28. The summed E-state index contributed by atoms with van der Waals surface area (Å²) in [5.41, 5.74) is -7.12. The molecule has 5 atom stereocenters. The first kappa shape index (κ1) is 105. The van der Waals surface area contributed by atoms with Crippen LogP contribution in [-0.4, -0.2) is 211 Å². The van der Waals surface area contributed by atoms with Gasteiger partial charge in [-0.2, -0.15) is 0 Å². The average molecular weight is 1510 g/mol. The Morgan fingerprint density at radius 2 is 0.486 bits per heavy atom. The van der Waals surface area contributed by atoms with E-state index in [2.05, 4.69) is 46.7 Å². The monoisotopic (exact) mass is 1510 g/mol. The van der Waals surface area contributed by atoms with Crippen LogP contribution in [0.15, 0.2) is 0 Å². The summed E-state index contributed by atoms with van der Waals surface area (Å²) in [4.78, 5) is 175. The maximum Gasteiger partial charge on any atom is 0.408 e. The van der Waals surface area contributed by atoms with Crippen LogP contribution in [0.2, 0.25) is 0 Å². The van der Waals surface area contributed by atoms with E-state index < -0.39 is 164 Å². The summed E-state index contributed by atoms with van der Waals surface area (Å²) in [5.74, 6) is -6.00. The van der Waals surface area contributed by atoms with Crippen LogP contribution >= 0.6 is 0 Å². The van der Waals surface area contributed by atoms with Gasteiger partial charge in [-0.3, -0.25) is 24.0 Å². The van der Waals surface area contributed by atoms with Crippen molar-refractivity contribution in [1.29, 1.82) is 0 Å². The highest BCUT2D eigenvalue weighted by Gasteiger charge is 2.36. The van der Waals surface area contributed by atoms with E-state index in [0.29, 0.717) is 0 Å². The molecule has 0 aromatic rings. The molecule has 0 saturated carbocycles. The molecule has 0 aromatic carbocycles. The van der Waals surface area contributed by atoms with Crippen molar-refractivity contribution in [2.45, 2.75) is 327 Å². The third-order valence-electron chi connectivity index (χ3n) is 9.78. The minimum atomic E-state index is -1.16. The molecule has 105 heavy (non-hydrogen) atoms. The minimum Gasteiger partial charge on any atom is -0.469 e. The first-order valence-electron chi connectivity index (χ1n) is 33.5. The second kappa shape index (κ2) is 45.4. The highest BCUT2D eigenvalue weighted by Crippen LogP contribution is 2.18. The van der Waals surface area contributed by atoms with Crippen molar-refractivity contribution in [3.63, 3.8) is 0 Å². The van der Waals surface area contributed by atoms with Crippen molar-refractivity contribution in [2.75, 3.05) is 34.4 Å². The smallest absolute Gasteiger partial charge is 0.408 e. The van der Waals surface area contributed by atoms with Gasteiger partial charge in [0.25, 0.3) is 0 Å². The number of amides is 7. The third kappa shape index (κ3) is 69.2. The first-order chi connectivity index (χ1) is 46.6. The molecule has 7 amide bonds. The van der Waals surface area contributed by atoms with Crippen molar-refractivity contribution in [2.24, 2.45) is 0 Å². The number of ether oxygens (including phenoxy) is 13. The molecule has 7 N–H and O–H groups in total. The Balaban J connectivity index is -0.000000397. The number of rotatable bonds is 20. The zero-order valence-corrected chi connectivity index (χ0v) is 68.9. The van der Waals surface area contributed by atoms with Crippen molar-refractivity contribution >= 4 is 90.0 Å². The van der Waals surface area contributed by atoms with E-state index in [1.807, 2.05) is 0 Å². The number of methoxy groups -OCH3 is 2. The quantitative estimate of drug-likeness (QED) is 0.0447. The Hall–Kier alpha value is -8.95. The fourth-order valence-electron chi connectivity index (χ4n) is 6.29. The Morgan fingerprint density at radius 3 is 0.686 bits per heavy atom. The van der Waals surface area contributed by atoms with Crippen molar-refractivity contribution in [3.05, 3.63) is 0 Å². The highest BCUT2D eigenvalue weighted by atomic mass is 16.6. The summed E-state index contributed by atoms with van der Waals surface area (Å²) in [7, 11) is 3.84. The number of alkyl carbamates (subject to hydrolysis) is 5. The average Bonchev–Trinajstić information content (AvgIpc) is 0.895. The number of carbonyl (C=O) groups excluding carboxylic acids is 15. The van der Waals surface area contributed by atoms with Gasteiger partial charge in [0.1, 0.15) is 86.8 Å². The molecule has 0 saturated heterocycles. The van der Waals surface area contributed by atoms with Gasteiger partial charge in [-0.05, 0) is 208 Å². The van der Waals surface area contributed by atoms with Crippen LogP contribution in [0.4, 0.5) is 24.0 Å². The van der Waals surface area contributed by atoms with E-state index in [-0.39, 0.29) is 44.2 Å². The summed E-state index contributed by atoms with van der Waals surface area (Å²) in [5, 5.41) is 16.6. The lowest BCUT2D eigenvalue weighted by Crippen LogP contribution is -2.51. The van der Waals surface area contributed by atoms with Gasteiger partial charge in [-0.15, -0.1) is 0 Å². The molecule has 0 spiro atoms. The summed E-state index contributed by atoms with van der Waals surface area (Å²) in [6.45, 7) is 53.1. The van der Waals surface area contributed by atoms with E-state index in [9.17, 15) is 71.9 Å². The molecule has 0 radical (unpaired) electrons. The molecule has 0 aliphatic heterocycles. The van der Waals surface area contributed by atoms with Crippen LogP contribution in [0.25, 0.3) is 0 Å². The largest absolute Gasteiger partial charge is 0.469 e. The van der Waals surface area contributed by atoms with Gasteiger partial charge in [-0.1, -0.05) is 0 Å². The van der Waals surface area contributed by atoms with E-state index >= 15 is 0 Å². The summed E-state index contributed by atoms with van der Waals surface area (Å²) < 4.78 is 65.0. The van der Waals surface area contributed by atoms with Crippen LogP contribution < -0.4 is 37.2 Å². The van der Waals surface area contributed by atoms with Gasteiger partial charge in [0.15, 0.2) is 6.04 Å². The maximum absolute atomic E-state index is 12.0. The Bertz CT molecular complexity index is 2590. The molecular weight excluding hydrogens is 1390 g/mol. The van der Waals surface area contributed by atoms with Gasteiger partial charge in [0, 0.05) is 27.4 Å². The van der Waals surface area contributed by atoms with Crippen LogP contribution in [-0.2, 0) is 110 Å². The van der Waals surface area contributed by atoms with Crippen molar-refractivity contribution < 1.29 is 133 Å². The molecule has 0 heterocycles. The Kier molecular flexibility index (Phi) is 45.3. The van der Waals surface area contributed by atoms with Gasteiger partial charge in [0.2, 0.25) is 11.8 Å². The topological polar surface area (TPSA) is 460 Å². The summed E-state index contributed by atoms with van der Waals surface area (Å²) >= 11 is 0. The lowest BCUT2D eigenvalue weighted by molar-refractivity contribution is -0.161. The lowest BCUT2D eigenvalue weighted by atomic mass is 10.1. The number of nitrogens with one attached hydrogen (secondary N) is 7. The number of hydrogen-bond acceptors (Lipinski definition) is 28. The summed E-state index contributed by atoms with van der Waals surface area (Å²) in [6.07, 6.45) is -4.79. The lowest BCUT2D eigenvalue weighted by Gasteiger charge is -2.26. The van der Waals surface area contributed by atoms with E-state index in [4.69, 9.17) is 52.1 Å². The highest BCUT2D eigenvalue weighted by molar-refractivity contribution is 5.89. The van der Waals surface area contributed by atoms with Gasteiger partial charge in [-0.25, -0.2) is 47.9 Å². The second-order valence-corrected chi connectivity index (χ2v) is 32.8. The number of esters is 8. The predicted molar refractivity (Wildman–Crippen MR) is 382 cm³/mol. The van der Waals surface area contributed by atoms with E-state index in [1.165, 1.54) is 35.1 Å². The van der Waals surface area contributed by atoms with E-state index in [1.54, 1.807) is 208 Å². The predicted octanol–water partition coefficient (Wildman–Crippen LogP) is 8.07. The first-order valence-corrected chi connectivity index (χ1v) is 33.5. The fourth-order valence-corrected chi connectivity index (χ4v) is 6.29. The molecule has 610 valence electrons. The molecule has 0 aliphatic rings. The number of hydrogen-bond donors (Lipinski definition) is 7. The van der Waals surface area contributed by atoms with Crippen molar-refractivity contribution in [3.8, 4) is 0 Å². The molecule has 0 rings (SSSR count). The van der Waals surface area contributed by atoms with Gasteiger partial charge >= 0.3 is 78.2 Å². The number of carbonyl (C=O) groups is 15. The normalized spacial score (nSPS) is 13.1. The summed E-state index contributed by atoms with van der Waals surface area (Å²) in [6, 6.07) is -5.55. The van der Waals surface area contributed by atoms with Gasteiger partial charge in [0.05, 0.1) is 33.5 Å². The second-order valence-electron chi connectivity index (χ2n) is 32.8. The van der Waals surface area contributed by atoms with Crippen molar-refractivity contribution in [1.82, 2.24) is 37.2 Å². The van der Waals surface area contributed by atoms with Crippen LogP contribution in [0.1, 0.15) is 241 Å². The molecule has 0 aromatic heterocycles. The standard InChI is InChI=1S/2C14H26N2O5.3C14H25NO6/c1-13(2,3)20-11(18)9(8-10(17)15-7)16-12(19)21-14(4,5)6;1-9(17)15-8-10(11(18)20-13(2,3)4)16-12(19)21-14(5,6)7;2*1-13(2,3)20-11(17)9(8-10(16)19-7)15-12(18)21-14(4,5)6;1-9(16)19-8-10(11(17)20-13(2,3)4)15-12(18)21-14(5,6)7/h9H,8H2,1-7H3,(H,15,17)(H,16,19);10H,8H2,1-7H3,(H,15,17)(H,16,19);2*9H,8H2,1-7H3,(H,15,18);10H,8H2,1-7H3,(H,15,18). The fraction of sp³-hybridized carbons (Fsp3) is 0.786. The van der Waals surface area contributed by atoms with E-state index in [0.717, 1.165) is 0 Å². The molecule has 35 nitrogen and oxygen atoms in total. The zero-order valence-electron chi connectivity index (χ0n) is 68.9. The van der Waals surface area contributed by atoms with Crippen LogP contribution in [0.5, 0.6) is 0 Å². The van der Waals surface area contributed by atoms with Crippen LogP contribution in [0, 0.1) is 0 Å². The zero-order chi connectivity index (χ0) is 84.2. The van der Waals surface area contributed by atoms with Crippen LogP contribution in [0.3, 0.4) is 0 Å². The maximum atomic E-state index is 12.0. The van der Waals surface area contributed by atoms with Gasteiger partial charge < -0.3 is 98.8 Å². The molecule has 0 aliphatic carbocycles. The SMILES string of the molecule is CC(=O)NCC(NC(=O)OC(C)(C)C)C(=O)OC(C)(C)C.CC(=O)OCC(NC(=O)OC(C)(C)C)C(=O)OC(C)(C)C.CNC(=O)CC(NC(=O)OC(C)(C)C)C(=O)OC(C)(C)C.COC(=O)CC(NC(=O)OC(C)(C)C)C(=O)OC(C)(C)C.COC(=O)CC(NC(=O)OC(C)(C)C)C(=O)OC(C)(C)C. The molecule has 5 unspecified atom stereocenters.